The molecule has 5 heteroatoms. The summed E-state index contributed by atoms with van der Waals surface area (Å²) in [6.45, 7) is 2.16. The molecule has 1 heterocycles. The number of fused-ring (bicyclic) bond motifs is 2. The van der Waals surface area contributed by atoms with Crippen molar-refractivity contribution in [1.82, 2.24) is 0 Å². The molecule has 0 bridgehead atoms. The number of benzene rings is 2. The lowest BCUT2D eigenvalue weighted by molar-refractivity contribution is -0.115. The Morgan fingerprint density at radius 1 is 1.08 bits per heavy atom. The quantitative estimate of drug-likeness (QED) is 0.853. The summed E-state index contributed by atoms with van der Waals surface area (Å²) in [5, 5.41) is 2.78. The number of carbonyl (C=O) groups excluding carboxylic acids is 1. The first-order chi connectivity index (χ1) is 11.7. The lowest BCUT2D eigenvalue weighted by Crippen LogP contribution is -2.22. The van der Waals surface area contributed by atoms with Crippen LogP contribution in [0.3, 0.4) is 0 Å². The van der Waals surface area contributed by atoms with Gasteiger partial charge >= 0.3 is 0 Å². The summed E-state index contributed by atoms with van der Waals surface area (Å²) < 4.78 is 10.6. The third kappa shape index (κ3) is 3.08. The molecule has 1 aliphatic carbocycles. The highest BCUT2D eigenvalue weighted by Crippen LogP contribution is 2.35. The number of hydrogen-bond donors (Lipinski definition) is 1. The van der Waals surface area contributed by atoms with Crippen molar-refractivity contribution in [3.63, 3.8) is 0 Å². The van der Waals surface area contributed by atoms with Gasteiger partial charge in [-0.15, -0.1) is 11.8 Å². The molecule has 2 aliphatic rings. The van der Waals surface area contributed by atoms with E-state index < -0.39 is 0 Å². The van der Waals surface area contributed by atoms with Crippen molar-refractivity contribution >= 4 is 23.4 Å². The normalized spacial score (nSPS) is 15.9. The van der Waals surface area contributed by atoms with Crippen LogP contribution in [0.25, 0.3) is 0 Å². The van der Waals surface area contributed by atoms with Gasteiger partial charge in [0.25, 0.3) is 0 Å². The van der Waals surface area contributed by atoms with Gasteiger partial charge in [0, 0.05) is 16.6 Å². The summed E-state index contributed by atoms with van der Waals surface area (Å²) in [6, 6.07) is 12.0. The summed E-state index contributed by atoms with van der Waals surface area (Å²) in [6.07, 6.45) is 3.57. The van der Waals surface area contributed by atoms with E-state index in [-0.39, 0.29) is 18.0 Å². The monoisotopic (exact) mass is 341 g/mol. The topological polar surface area (TPSA) is 47.6 Å². The molecule has 1 N–H and O–H groups in total. The molecule has 0 radical (unpaired) electrons. The zero-order valence-electron chi connectivity index (χ0n) is 13.5. The molecule has 1 amide bonds. The minimum absolute atomic E-state index is 0.0145. The van der Waals surface area contributed by atoms with Crippen molar-refractivity contribution in [2.24, 2.45) is 0 Å². The molecule has 124 valence electrons. The van der Waals surface area contributed by atoms with Gasteiger partial charge < -0.3 is 14.8 Å². The van der Waals surface area contributed by atoms with E-state index in [4.69, 9.17) is 9.47 Å². The van der Waals surface area contributed by atoms with Gasteiger partial charge in [0.1, 0.15) is 0 Å². The number of amides is 1. The van der Waals surface area contributed by atoms with E-state index >= 15 is 0 Å². The van der Waals surface area contributed by atoms with Crippen molar-refractivity contribution < 1.29 is 14.3 Å². The van der Waals surface area contributed by atoms with Crippen molar-refractivity contribution in [3.05, 3.63) is 47.5 Å². The molecule has 2 aromatic rings. The van der Waals surface area contributed by atoms with Crippen LogP contribution >= 0.6 is 11.8 Å². The van der Waals surface area contributed by atoms with Crippen molar-refractivity contribution in [1.29, 1.82) is 0 Å². The number of rotatable bonds is 4. The minimum Gasteiger partial charge on any atom is -0.454 e. The largest absolute Gasteiger partial charge is 0.454 e. The maximum Gasteiger partial charge on any atom is 0.237 e. The number of anilines is 1. The molecule has 0 fully saturated rings. The van der Waals surface area contributed by atoms with E-state index in [1.807, 2.05) is 19.1 Å². The fraction of sp³-hybridized carbons (Fsp3) is 0.316. The second kappa shape index (κ2) is 6.40. The number of carbonyl (C=O) groups is 1. The Bertz CT molecular complexity index is 790. The van der Waals surface area contributed by atoms with Gasteiger partial charge in [0.15, 0.2) is 11.5 Å². The fourth-order valence-corrected chi connectivity index (χ4v) is 4.03. The predicted molar refractivity (Wildman–Crippen MR) is 95.0 cm³/mol. The Hall–Kier alpha value is -2.14. The van der Waals surface area contributed by atoms with Crippen LogP contribution in [-0.4, -0.2) is 18.0 Å². The fourth-order valence-electron chi connectivity index (χ4n) is 3.10. The molecular weight excluding hydrogens is 322 g/mol. The van der Waals surface area contributed by atoms with Crippen LogP contribution in [0.15, 0.2) is 41.3 Å². The van der Waals surface area contributed by atoms with Gasteiger partial charge in [0.05, 0.1) is 5.25 Å². The summed E-state index contributed by atoms with van der Waals surface area (Å²) in [5.74, 6) is 1.37. The van der Waals surface area contributed by atoms with Gasteiger partial charge in [0.2, 0.25) is 12.7 Å². The zero-order valence-corrected chi connectivity index (χ0v) is 14.3. The third-order valence-corrected chi connectivity index (χ3v) is 5.49. The Balaban J connectivity index is 1.41. The van der Waals surface area contributed by atoms with Gasteiger partial charge in [-0.3, -0.25) is 4.79 Å². The first-order valence-corrected chi connectivity index (χ1v) is 9.06. The number of ether oxygens (including phenoxy) is 2. The van der Waals surface area contributed by atoms with E-state index in [0.29, 0.717) is 11.5 Å². The lowest BCUT2D eigenvalue weighted by Gasteiger charge is -2.13. The standard InChI is InChI=1S/C19H19NO3S/c1-12(24-16-7-5-13-3-2-4-14(13)9-16)19(21)20-15-6-8-17-18(10-15)23-11-22-17/h5-10,12H,2-4,11H2,1H3,(H,20,21)/t12-/m0/s1. The van der Waals surface area contributed by atoms with Crippen molar-refractivity contribution in [2.75, 3.05) is 12.1 Å². The molecule has 0 saturated carbocycles. The first kappa shape index (κ1) is 15.4. The van der Waals surface area contributed by atoms with E-state index in [1.165, 1.54) is 24.0 Å². The van der Waals surface area contributed by atoms with Crippen molar-refractivity contribution in [2.45, 2.75) is 36.3 Å². The van der Waals surface area contributed by atoms with E-state index in [1.54, 1.807) is 17.8 Å². The van der Waals surface area contributed by atoms with Crippen LogP contribution in [0.5, 0.6) is 11.5 Å². The molecule has 0 aromatic heterocycles. The van der Waals surface area contributed by atoms with Gasteiger partial charge in [-0.1, -0.05) is 6.07 Å². The molecule has 2 aromatic carbocycles. The van der Waals surface area contributed by atoms with Crippen LogP contribution in [0.1, 0.15) is 24.5 Å². The average Bonchev–Trinajstić information content (AvgIpc) is 3.22. The van der Waals surface area contributed by atoms with Crippen LogP contribution in [0, 0.1) is 0 Å². The van der Waals surface area contributed by atoms with E-state index in [0.717, 1.165) is 17.0 Å². The highest BCUT2D eigenvalue weighted by atomic mass is 32.2. The second-order valence-corrected chi connectivity index (χ2v) is 7.52. The third-order valence-electron chi connectivity index (χ3n) is 4.39. The van der Waals surface area contributed by atoms with E-state index in [9.17, 15) is 4.79 Å². The Labute approximate surface area is 145 Å². The SMILES string of the molecule is C[C@H](Sc1ccc2c(c1)CCC2)C(=O)Nc1ccc2c(c1)OCO2. The average molecular weight is 341 g/mol. The second-order valence-electron chi connectivity index (χ2n) is 6.10. The molecule has 1 atom stereocenters. The minimum atomic E-state index is -0.171. The zero-order chi connectivity index (χ0) is 16.5. The molecule has 1 aliphatic heterocycles. The van der Waals surface area contributed by atoms with Gasteiger partial charge in [-0.2, -0.15) is 0 Å². The van der Waals surface area contributed by atoms with Crippen LogP contribution in [0.4, 0.5) is 5.69 Å². The Morgan fingerprint density at radius 2 is 1.92 bits per heavy atom. The summed E-state index contributed by atoms with van der Waals surface area (Å²) in [7, 11) is 0. The van der Waals surface area contributed by atoms with Gasteiger partial charge in [-0.05, 0) is 61.6 Å². The van der Waals surface area contributed by atoms with Crippen LogP contribution < -0.4 is 14.8 Å². The number of nitrogens with one attached hydrogen (secondary N) is 1. The van der Waals surface area contributed by atoms with Crippen LogP contribution in [-0.2, 0) is 17.6 Å². The summed E-state index contributed by atoms with van der Waals surface area (Å²) >= 11 is 1.59. The summed E-state index contributed by atoms with van der Waals surface area (Å²) in [5.41, 5.74) is 3.62. The highest BCUT2D eigenvalue weighted by Gasteiger charge is 2.19. The molecule has 24 heavy (non-hydrogen) atoms. The number of thioether (sulfide) groups is 1. The molecule has 0 spiro atoms. The smallest absolute Gasteiger partial charge is 0.237 e. The van der Waals surface area contributed by atoms with Gasteiger partial charge in [-0.25, -0.2) is 0 Å². The lowest BCUT2D eigenvalue weighted by atomic mass is 10.1. The van der Waals surface area contributed by atoms with Crippen molar-refractivity contribution in [3.8, 4) is 11.5 Å². The Kier molecular flexibility index (Phi) is 4.10. The molecule has 0 unspecified atom stereocenters. The molecule has 0 saturated heterocycles. The molecular formula is C19H19NO3S. The van der Waals surface area contributed by atoms with Crippen LogP contribution in [0.2, 0.25) is 0 Å². The molecule has 4 rings (SSSR count). The summed E-state index contributed by atoms with van der Waals surface area (Å²) in [4.78, 5) is 13.6. The molecule has 4 nitrogen and oxygen atoms in total. The highest BCUT2D eigenvalue weighted by molar-refractivity contribution is 8.00. The van der Waals surface area contributed by atoms with E-state index in [2.05, 4.69) is 23.5 Å². The first-order valence-electron chi connectivity index (χ1n) is 8.18. The maximum atomic E-state index is 12.4. The number of aryl methyl sites for hydroxylation is 2. The predicted octanol–water partition coefficient (Wildman–Crippen LogP) is 4.02. The maximum absolute atomic E-state index is 12.4. The number of hydrogen-bond acceptors (Lipinski definition) is 4. The Morgan fingerprint density at radius 3 is 2.83 bits per heavy atom.